The molecule has 3 heterocycles. The fraction of sp³-hybridized carbons (Fsp3) is 0.0135. The van der Waals surface area contributed by atoms with Gasteiger partial charge in [-0.05, 0) is 123 Å². The van der Waals surface area contributed by atoms with Crippen molar-refractivity contribution in [1.82, 2.24) is 9.55 Å². The van der Waals surface area contributed by atoms with E-state index in [2.05, 4.69) is 289 Å². The van der Waals surface area contributed by atoms with Crippen molar-refractivity contribution in [3.05, 3.63) is 307 Å². The van der Waals surface area contributed by atoms with E-state index in [-0.39, 0.29) is 0 Å². The standard InChI is InChI=1S/C74H47N3O/c1-4-18-51(19-5-1)74(52-20-6-2-7-21-52)65-28-14-10-24-57(65)58-43-41-56(47-66(58)74)76(54-37-32-48(33-38-54)50-36-42-60-59-25-12-16-30-68(59)77(69(60)46-50)53-22-8-3-9-23-53)55-39-34-49(35-40-55)72-64-45-44-62-61-26-13-17-31-70(61)78-73(62)71(64)63-27-11-15-29-67(63)75-72/h1-47H. The molecule has 15 aromatic rings. The number of hydrogen-bond donors (Lipinski definition) is 0. The molecular formula is C74H47N3O. The Bertz CT molecular complexity index is 4790. The Labute approximate surface area is 451 Å². The van der Waals surface area contributed by atoms with E-state index in [1.54, 1.807) is 0 Å². The number of aromatic nitrogens is 2. The van der Waals surface area contributed by atoms with Crippen molar-refractivity contribution in [3.63, 3.8) is 0 Å². The third-order valence-electron chi connectivity index (χ3n) is 16.5. The maximum Gasteiger partial charge on any atom is 0.144 e. The number of para-hydroxylation sites is 4. The summed E-state index contributed by atoms with van der Waals surface area (Å²) in [6.07, 6.45) is 0. The maximum atomic E-state index is 6.69. The lowest BCUT2D eigenvalue weighted by molar-refractivity contribution is 0.673. The van der Waals surface area contributed by atoms with Crippen LogP contribution in [0, 0.1) is 0 Å². The van der Waals surface area contributed by atoms with Gasteiger partial charge in [0.05, 0.1) is 27.7 Å². The fourth-order valence-corrected chi connectivity index (χ4v) is 13.0. The lowest BCUT2D eigenvalue weighted by Gasteiger charge is -2.35. The van der Waals surface area contributed by atoms with Gasteiger partial charge in [0.2, 0.25) is 0 Å². The molecule has 3 aromatic heterocycles. The van der Waals surface area contributed by atoms with Gasteiger partial charge in [0.1, 0.15) is 11.2 Å². The first-order chi connectivity index (χ1) is 38.7. The molecule has 0 saturated carbocycles. The molecule has 4 heteroatoms. The minimum atomic E-state index is -0.557. The van der Waals surface area contributed by atoms with Gasteiger partial charge in [0.25, 0.3) is 0 Å². The maximum absolute atomic E-state index is 6.69. The number of fused-ring (bicyclic) bond motifs is 13. The Morgan fingerprint density at radius 2 is 0.910 bits per heavy atom. The third-order valence-corrected chi connectivity index (χ3v) is 16.5. The molecule has 0 aliphatic heterocycles. The average Bonchev–Trinajstić information content (AvgIpc) is 4.36. The van der Waals surface area contributed by atoms with Crippen molar-refractivity contribution in [2.45, 2.75) is 5.41 Å². The molecule has 1 aliphatic rings. The van der Waals surface area contributed by atoms with Crippen LogP contribution in [-0.4, -0.2) is 9.55 Å². The molecule has 4 nitrogen and oxygen atoms in total. The molecular weight excluding hydrogens is 947 g/mol. The quantitative estimate of drug-likeness (QED) is 0.142. The van der Waals surface area contributed by atoms with Gasteiger partial charge in [-0.1, -0.05) is 206 Å². The van der Waals surface area contributed by atoms with E-state index >= 15 is 0 Å². The highest BCUT2D eigenvalue weighted by atomic mass is 16.3. The summed E-state index contributed by atoms with van der Waals surface area (Å²) in [4.78, 5) is 7.81. The van der Waals surface area contributed by atoms with Crippen LogP contribution in [0.4, 0.5) is 17.1 Å². The normalized spacial score (nSPS) is 12.7. The monoisotopic (exact) mass is 993 g/mol. The molecule has 0 amide bonds. The summed E-state index contributed by atoms with van der Waals surface area (Å²) in [6.45, 7) is 0. The van der Waals surface area contributed by atoms with E-state index in [4.69, 9.17) is 9.40 Å². The molecule has 1 aliphatic carbocycles. The zero-order chi connectivity index (χ0) is 51.3. The van der Waals surface area contributed by atoms with E-state index in [0.29, 0.717) is 0 Å². The van der Waals surface area contributed by atoms with Crippen LogP contribution in [0.5, 0.6) is 0 Å². The van der Waals surface area contributed by atoms with Crippen LogP contribution in [-0.2, 0) is 5.41 Å². The predicted octanol–water partition coefficient (Wildman–Crippen LogP) is 19.6. The van der Waals surface area contributed by atoms with Crippen LogP contribution in [0.2, 0.25) is 0 Å². The third kappa shape index (κ3) is 6.57. The first-order valence-electron chi connectivity index (χ1n) is 26.8. The molecule has 0 radical (unpaired) electrons. The summed E-state index contributed by atoms with van der Waals surface area (Å²) in [5.41, 5.74) is 20.6. The Hall–Kier alpha value is -10.3. The van der Waals surface area contributed by atoms with Gasteiger partial charge < -0.3 is 13.9 Å². The highest BCUT2D eigenvalue weighted by Gasteiger charge is 2.46. The summed E-state index contributed by atoms with van der Waals surface area (Å²) >= 11 is 0. The van der Waals surface area contributed by atoms with Gasteiger partial charge in [0.15, 0.2) is 0 Å². The highest BCUT2D eigenvalue weighted by molar-refractivity contribution is 6.24. The van der Waals surface area contributed by atoms with E-state index in [1.807, 2.05) is 6.07 Å². The second-order valence-electron chi connectivity index (χ2n) is 20.5. The molecule has 12 aromatic carbocycles. The Morgan fingerprint density at radius 3 is 1.67 bits per heavy atom. The minimum absolute atomic E-state index is 0.557. The molecule has 0 unspecified atom stereocenters. The summed E-state index contributed by atoms with van der Waals surface area (Å²) < 4.78 is 9.08. The second kappa shape index (κ2) is 17.4. The molecule has 0 atom stereocenters. The lowest BCUT2D eigenvalue weighted by Crippen LogP contribution is -2.28. The van der Waals surface area contributed by atoms with E-state index < -0.39 is 5.41 Å². The average molecular weight is 994 g/mol. The van der Waals surface area contributed by atoms with Gasteiger partial charge in [-0.15, -0.1) is 0 Å². The first kappa shape index (κ1) is 44.0. The summed E-state index contributed by atoms with van der Waals surface area (Å²) in [7, 11) is 0. The smallest absolute Gasteiger partial charge is 0.144 e. The van der Waals surface area contributed by atoms with Crippen molar-refractivity contribution in [1.29, 1.82) is 0 Å². The Kier molecular flexibility index (Phi) is 9.82. The van der Waals surface area contributed by atoms with Crippen molar-refractivity contribution in [2.24, 2.45) is 0 Å². The predicted molar refractivity (Wildman–Crippen MR) is 324 cm³/mol. The summed E-state index contributed by atoms with van der Waals surface area (Å²) in [5.74, 6) is 0. The van der Waals surface area contributed by atoms with Crippen molar-refractivity contribution in [2.75, 3.05) is 4.90 Å². The van der Waals surface area contributed by atoms with Crippen molar-refractivity contribution < 1.29 is 4.42 Å². The molecule has 16 rings (SSSR count). The highest BCUT2D eigenvalue weighted by Crippen LogP contribution is 2.57. The molecule has 0 spiro atoms. The summed E-state index contributed by atoms with van der Waals surface area (Å²) in [6, 6.07) is 104. The van der Waals surface area contributed by atoms with Crippen LogP contribution < -0.4 is 4.90 Å². The zero-order valence-corrected chi connectivity index (χ0v) is 42.4. The number of furan rings is 1. The fourth-order valence-electron chi connectivity index (χ4n) is 13.0. The number of anilines is 3. The molecule has 364 valence electrons. The molecule has 78 heavy (non-hydrogen) atoms. The number of rotatable bonds is 8. The van der Waals surface area contributed by atoms with Crippen molar-refractivity contribution in [3.8, 4) is 39.2 Å². The van der Waals surface area contributed by atoms with Gasteiger partial charge in [0, 0.05) is 66.0 Å². The van der Waals surface area contributed by atoms with Gasteiger partial charge in [-0.2, -0.15) is 0 Å². The molecule has 0 fully saturated rings. The topological polar surface area (TPSA) is 34.2 Å². The first-order valence-corrected chi connectivity index (χ1v) is 26.8. The summed E-state index contributed by atoms with van der Waals surface area (Å²) in [5, 5.41) is 7.91. The zero-order valence-electron chi connectivity index (χ0n) is 42.4. The van der Waals surface area contributed by atoms with Gasteiger partial charge >= 0.3 is 0 Å². The van der Waals surface area contributed by atoms with Crippen LogP contribution in [0.1, 0.15) is 22.3 Å². The van der Waals surface area contributed by atoms with E-state index in [9.17, 15) is 0 Å². The Morgan fingerprint density at radius 1 is 0.359 bits per heavy atom. The SMILES string of the molecule is c1ccc(-n2c3ccccc3c3ccc(-c4ccc(N(c5ccc(-c6nc7ccccc7c7c6ccc6c8ccccc8oc67)cc5)c5ccc6c(c5)C(c5ccccc5)(c5ccccc5)c5ccccc5-6)cc4)cc32)cc1. The largest absolute Gasteiger partial charge is 0.455 e. The Balaban J connectivity index is 0.876. The minimum Gasteiger partial charge on any atom is -0.455 e. The number of pyridine rings is 1. The lowest BCUT2D eigenvalue weighted by atomic mass is 9.67. The number of hydrogen-bond acceptors (Lipinski definition) is 3. The molecule has 0 saturated heterocycles. The molecule has 0 bridgehead atoms. The van der Waals surface area contributed by atoms with Crippen LogP contribution >= 0.6 is 0 Å². The second-order valence-corrected chi connectivity index (χ2v) is 20.5. The van der Waals surface area contributed by atoms with Crippen molar-refractivity contribution >= 4 is 82.5 Å². The number of benzene rings is 12. The van der Waals surface area contributed by atoms with Crippen LogP contribution in [0.15, 0.2) is 290 Å². The number of nitrogens with zero attached hydrogens (tertiary/aromatic N) is 3. The van der Waals surface area contributed by atoms with E-state index in [0.717, 1.165) is 88.7 Å². The van der Waals surface area contributed by atoms with Crippen LogP contribution in [0.25, 0.3) is 105 Å². The van der Waals surface area contributed by atoms with Crippen LogP contribution in [0.3, 0.4) is 0 Å². The van der Waals surface area contributed by atoms with Gasteiger partial charge in [-0.25, -0.2) is 4.98 Å². The van der Waals surface area contributed by atoms with Gasteiger partial charge in [-0.3, -0.25) is 0 Å². The molecule has 0 N–H and O–H groups in total. The van der Waals surface area contributed by atoms with E-state index in [1.165, 1.54) is 55.2 Å².